The second kappa shape index (κ2) is 8.55. The van der Waals surface area contributed by atoms with Crippen molar-refractivity contribution in [2.75, 3.05) is 5.32 Å². The van der Waals surface area contributed by atoms with Crippen LogP contribution in [-0.2, 0) is 11.3 Å². The highest BCUT2D eigenvalue weighted by Crippen LogP contribution is 2.18. The van der Waals surface area contributed by atoms with Crippen LogP contribution in [0.2, 0.25) is 0 Å². The molecule has 4 rings (SSSR count). The number of aryl methyl sites for hydroxylation is 2. The number of amides is 1. The molecule has 4 aromatic rings. The third-order valence-electron chi connectivity index (χ3n) is 5.20. The van der Waals surface area contributed by atoms with Crippen LogP contribution in [0.15, 0.2) is 71.9 Å². The predicted octanol–water partition coefficient (Wildman–Crippen LogP) is 4.02. The first-order valence-corrected chi connectivity index (χ1v) is 9.98. The topological polar surface area (TPSA) is 81.1 Å². The Bertz CT molecular complexity index is 1410. The van der Waals surface area contributed by atoms with Crippen LogP contribution in [0, 0.1) is 19.7 Å². The van der Waals surface area contributed by atoms with Crippen molar-refractivity contribution in [2.45, 2.75) is 20.4 Å². The number of hydrogen-bond acceptors (Lipinski definition) is 4. The number of carbonyl (C=O) groups is 2. The summed E-state index contributed by atoms with van der Waals surface area (Å²) in [5.41, 5.74) is 2.54. The van der Waals surface area contributed by atoms with E-state index in [0.717, 1.165) is 17.2 Å². The van der Waals surface area contributed by atoms with Crippen LogP contribution < -0.4 is 10.7 Å². The fourth-order valence-corrected chi connectivity index (χ4v) is 3.61. The minimum Gasteiger partial charge on any atom is -0.337 e. The number of hydrogen-bond donors (Lipinski definition) is 1. The number of ketones is 1. The van der Waals surface area contributed by atoms with Gasteiger partial charge in [-0.25, -0.2) is 4.39 Å². The van der Waals surface area contributed by atoms with Gasteiger partial charge in [-0.3, -0.25) is 19.4 Å². The average molecular weight is 429 g/mol. The standard InChI is InChI=1S/C25H20FN3O3/c1-15-3-6-21(16(2)11-15)28-23(30)14-29-13-20(24(31)17-7-9-27-10-8-17)25(32)19-5-4-18(26)12-22(19)29/h3-13H,14H2,1-2H3,(H,28,30). The lowest BCUT2D eigenvalue weighted by atomic mass is 10.0. The number of halogens is 1. The zero-order valence-corrected chi connectivity index (χ0v) is 17.6. The molecule has 0 aliphatic rings. The lowest BCUT2D eigenvalue weighted by Gasteiger charge is -2.14. The van der Waals surface area contributed by atoms with Crippen LogP contribution in [0.3, 0.4) is 0 Å². The van der Waals surface area contributed by atoms with Crippen LogP contribution >= 0.6 is 0 Å². The van der Waals surface area contributed by atoms with E-state index in [-0.39, 0.29) is 28.9 Å². The number of rotatable bonds is 5. The monoisotopic (exact) mass is 429 g/mol. The second-order valence-electron chi connectivity index (χ2n) is 7.59. The molecule has 0 aliphatic heterocycles. The SMILES string of the molecule is Cc1ccc(NC(=O)Cn2cc(C(=O)c3ccncc3)c(=O)c3ccc(F)cc32)c(C)c1. The van der Waals surface area contributed by atoms with Crippen molar-refractivity contribution in [1.82, 2.24) is 9.55 Å². The van der Waals surface area contributed by atoms with Crippen LogP contribution in [0.1, 0.15) is 27.0 Å². The number of anilines is 1. The zero-order chi connectivity index (χ0) is 22.8. The summed E-state index contributed by atoms with van der Waals surface area (Å²) in [7, 11) is 0. The van der Waals surface area contributed by atoms with Crippen molar-refractivity contribution < 1.29 is 14.0 Å². The summed E-state index contributed by atoms with van der Waals surface area (Å²) in [5.74, 6) is -1.41. The smallest absolute Gasteiger partial charge is 0.244 e. The van der Waals surface area contributed by atoms with Crippen molar-refractivity contribution in [3.63, 3.8) is 0 Å². The number of pyridine rings is 2. The molecule has 0 bridgehead atoms. The van der Waals surface area contributed by atoms with Gasteiger partial charge in [-0.2, -0.15) is 0 Å². The van der Waals surface area contributed by atoms with Gasteiger partial charge in [-0.05, 0) is 55.8 Å². The van der Waals surface area contributed by atoms with Crippen LogP contribution in [0.25, 0.3) is 10.9 Å². The Hall–Kier alpha value is -4.13. The first kappa shape index (κ1) is 21.1. The third kappa shape index (κ3) is 4.18. The molecule has 0 atom stereocenters. The lowest BCUT2D eigenvalue weighted by Crippen LogP contribution is -2.24. The molecule has 1 amide bonds. The Balaban J connectivity index is 1.76. The Morgan fingerprint density at radius 3 is 2.50 bits per heavy atom. The largest absolute Gasteiger partial charge is 0.337 e. The summed E-state index contributed by atoms with van der Waals surface area (Å²) in [6, 6.07) is 12.3. The molecule has 1 N–H and O–H groups in total. The average Bonchev–Trinajstić information content (AvgIpc) is 2.77. The Labute approximate surface area is 183 Å². The highest BCUT2D eigenvalue weighted by Gasteiger charge is 2.19. The van der Waals surface area contributed by atoms with Gasteiger partial charge >= 0.3 is 0 Å². The van der Waals surface area contributed by atoms with Gasteiger partial charge in [0.1, 0.15) is 12.4 Å². The minimum atomic E-state index is -0.548. The molecule has 32 heavy (non-hydrogen) atoms. The molecule has 0 saturated carbocycles. The van der Waals surface area contributed by atoms with Gasteiger partial charge in [0.25, 0.3) is 0 Å². The molecule has 6 nitrogen and oxygen atoms in total. The molecule has 0 unspecified atom stereocenters. The van der Waals surface area contributed by atoms with Gasteiger partial charge in [0.2, 0.25) is 11.3 Å². The van der Waals surface area contributed by atoms with E-state index in [1.165, 1.54) is 47.4 Å². The van der Waals surface area contributed by atoms with Gasteiger partial charge in [0, 0.05) is 35.2 Å². The van der Waals surface area contributed by atoms with Crippen LogP contribution in [-0.4, -0.2) is 21.2 Å². The molecule has 2 aromatic carbocycles. The van der Waals surface area contributed by atoms with Crippen LogP contribution in [0.5, 0.6) is 0 Å². The van der Waals surface area contributed by atoms with E-state index in [2.05, 4.69) is 10.3 Å². The number of carbonyl (C=O) groups excluding carboxylic acids is 2. The van der Waals surface area contributed by atoms with Gasteiger partial charge in [-0.1, -0.05) is 17.7 Å². The van der Waals surface area contributed by atoms with Crippen molar-refractivity contribution in [2.24, 2.45) is 0 Å². The predicted molar refractivity (Wildman–Crippen MR) is 120 cm³/mol. The quantitative estimate of drug-likeness (QED) is 0.486. The second-order valence-corrected chi connectivity index (χ2v) is 7.59. The van der Waals surface area contributed by atoms with E-state index in [1.54, 1.807) is 0 Å². The van der Waals surface area contributed by atoms with Crippen molar-refractivity contribution in [3.05, 3.63) is 105 Å². The highest BCUT2D eigenvalue weighted by atomic mass is 19.1. The molecule has 0 radical (unpaired) electrons. The molecule has 7 heteroatoms. The fourth-order valence-electron chi connectivity index (χ4n) is 3.61. The van der Waals surface area contributed by atoms with Crippen molar-refractivity contribution in [1.29, 1.82) is 0 Å². The number of nitrogens with zero attached hydrogens (tertiary/aromatic N) is 2. The molecule has 160 valence electrons. The summed E-state index contributed by atoms with van der Waals surface area (Å²) in [4.78, 5) is 42.6. The highest BCUT2D eigenvalue weighted by molar-refractivity contribution is 6.10. The first-order chi connectivity index (χ1) is 15.3. The zero-order valence-electron chi connectivity index (χ0n) is 17.6. The third-order valence-corrected chi connectivity index (χ3v) is 5.20. The maximum absolute atomic E-state index is 14.0. The van der Waals surface area contributed by atoms with Gasteiger partial charge in [0.05, 0.1) is 11.1 Å². The Morgan fingerprint density at radius 2 is 1.78 bits per heavy atom. The Morgan fingerprint density at radius 1 is 1.03 bits per heavy atom. The lowest BCUT2D eigenvalue weighted by molar-refractivity contribution is -0.116. The summed E-state index contributed by atoms with van der Waals surface area (Å²) >= 11 is 0. The van der Waals surface area contributed by atoms with Crippen LogP contribution in [0.4, 0.5) is 10.1 Å². The molecule has 0 fully saturated rings. The molecule has 2 aromatic heterocycles. The summed E-state index contributed by atoms with van der Waals surface area (Å²) < 4.78 is 15.4. The fraction of sp³-hybridized carbons (Fsp3) is 0.120. The van der Waals surface area contributed by atoms with Gasteiger partial charge < -0.3 is 9.88 Å². The number of fused-ring (bicyclic) bond motifs is 1. The first-order valence-electron chi connectivity index (χ1n) is 9.98. The molecule has 0 spiro atoms. The molecular formula is C25H20FN3O3. The van der Waals surface area contributed by atoms with E-state index in [9.17, 15) is 18.8 Å². The maximum Gasteiger partial charge on any atom is 0.244 e. The maximum atomic E-state index is 14.0. The number of benzene rings is 2. The summed E-state index contributed by atoms with van der Waals surface area (Å²) in [6.45, 7) is 3.64. The van der Waals surface area contributed by atoms with E-state index in [0.29, 0.717) is 11.3 Å². The summed E-state index contributed by atoms with van der Waals surface area (Å²) in [5, 5.41) is 2.99. The number of aromatic nitrogens is 2. The number of nitrogens with one attached hydrogen (secondary N) is 1. The normalized spacial score (nSPS) is 10.8. The van der Waals surface area contributed by atoms with E-state index >= 15 is 0 Å². The van der Waals surface area contributed by atoms with Gasteiger partial charge in [-0.15, -0.1) is 0 Å². The van der Waals surface area contributed by atoms with E-state index in [4.69, 9.17) is 0 Å². The van der Waals surface area contributed by atoms with Crippen molar-refractivity contribution in [3.8, 4) is 0 Å². The molecular weight excluding hydrogens is 409 g/mol. The molecule has 0 saturated heterocycles. The van der Waals surface area contributed by atoms with Gasteiger partial charge in [0.15, 0.2) is 5.78 Å². The minimum absolute atomic E-state index is 0.102. The van der Waals surface area contributed by atoms with Crippen molar-refractivity contribution >= 4 is 28.3 Å². The van der Waals surface area contributed by atoms with E-state index < -0.39 is 17.0 Å². The molecule has 0 aliphatic carbocycles. The van der Waals surface area contributed by atoms with E-state index in [1.807, 2.05) is 32.0 Å². The Kier molecular flexibility index (Phi) is 5.64. The summed E-state index contributed by atoms with van der Waals surface area (Å²) in [6.07, 6.45) is 4.23. The molecule has 2 heterocycles.